The first-order valence-electron chi connectivity index (χ1n) is 5.90. The number of rotatable bonds is 5. The standard InChI is InChI=1S/C14H19BrO2/c1-10(2)9-17-14(16)7-11(3)12-5-4-6-13(15)8-12/h4-6,8,10-11H,7,9H2,1-3H3. The molecule has 1 aromatic carbocycles. The van der Waals surface area contributed by atoms with Gasteiger partial charge in [0.1, 0.15) is 0 Å². The van der Waals surface area contributed by atoms with Crippen molar-refractivity contribution in [1.82, 2.24) is 0 Å². The van der Waals surface area contributed by atoms with Crippen molar-refractivity contribution in [3.05, 3.63) is 34.3 Å². The number of hydrogen-bond acceptors (Lipinski definition) is 2. The number of carbonyl (C=O) groups excluding carboxylic acids is 1. The third kappa shape index (κ3) is 5.35. The molecule has 1 rings (SSSR count). The first-order chi connectivity index (χ1) is 7.99. The highest BCUT2D eigenvalue weighted by molar-refractivity contribution is 9.10. The van der Waals surface area contributed by atoms with E-state index >= 15 is 0 Å². The molecule has 0 spiro atoms. The number of esters is 1. The third-order valence-electron chi connectivity index (χ3n) is 2.47. The molecule has 17 heavy (non-hydrogen) atoms. The van der Waals surface area contributed by atoms with E-state index in [2.05, 4.69) is 15.9 Å². The van der Waals surface area contributed by atoms with Crippen molar-refractivity contribution >= 4 is 21.9 Å². The van der Waals surface area contributed by atoms with Gasteiger partial charge in [0, 0.05) is 4.47 Å². The van der Waals surface area contributed by atoms with Crippen molar-refractivity contribution in [3.63, 3.8) is 0 Å². The molecule has 0 fully saturated rings. The van der Waals surface area contributed by atoms with Crippen molar-refractivity contribution in [2.75, 3.05) is 6.61 Å². The quantitative estimate of drug-likeness (QED) is 0.764. The Bertz CT molecular complexity index is 374. The predicted octanol–water partition coefficient (Wildman–Crippen LogP) is 4.14. The Morgan fingerprint density at radius 1 is 1.35 bits per heavy atom. The second kappa shape index (κ2) is 6.80. The molecule has 1 atom stereocenters. The molecule has 0 N–H and O–H groups in total. The lowest BCUT2D eigenvalue weighted by molar-refractivity contribution is -0.145. The highest BCUT2D eigenvalue weighted by atomic mass is 79.9. The number of hydrogen-bond donors (Lipinski definition) is 0. The van der Waals surface area contributed by atoms with Gasteiger partial charge in [-0.25, -0.2) is 0 Å². The Hall–Kier alpha value is -0.830. The van der Waals surface area contributed by atoms with Gasteiger partial charge in [0.2, 0.25) is 0 Å². The van der Waals surface area contributed by atoms with Crippen LogP contribution in [0.4, 0.5) is 0 Å². The van der Waals surface area contributed by atoms with E-state index in [0.29, 0.717) is 18.9 Å². The van der Waals surface area contributed by atoms with Gasteiger partial charge in [0.05, 0.1) is 13.0 Å². The fourth-order valence-corrected chi connectivity index (χ4v) is 1.92. The highest BCUT2D eigenvalue weighted by Gasteiger charge is 2.12. The van der Waals surface area contributed by atoms with Crippen molar-refractivity contribution in [2.45, 2.75) is 33.1 Å². The Morgan fingerprint density at radius 3 is 2.65 bits per heavy atom. The van der Waals surface area contributed by atoms with Crippen LogP contribution in [0.2, 0.25) is 0 Å². The predicted molar refractivity (Wildman–Crippen MR) is 73.0 cm³/mol. The van der Waals surface area contributed by atoms with E-state index in [0.717, 1.165) is 10.0 Å². The molecule has 0 heterocycles. The van der Waals surface area contributed by atoms with Gasteiger partial charge in [-0.3, -0.25) is 4.79 Å². The fourth-order valence-electron chi connectivity index (χ4n) is 1.50. The molecule has 0 aromatic heterocycles. The lowest BCUT2D eigenvalue weighted by Crippen LogP contribution is -2.12. The van der Waals surface area contributed by atoms with E-state index in [1.807, 2.05) is 45.0 Å². The zero-order valence-electron chi connectivity index (χ0n) is 10.6. The molecule has 94 valence electrons. The molecule has 0 bridgehead atoms. The molecule has 0 aliphatic heterocycles. The summed E-state index contributed by atoms with van der Waals surface area (Å²) in [4.78, 5) is 11.6. The summed E-state index contributed by atoms with van der Waals surface area (Å²) in [6.07, 6.45) is 0.434. The maximum atomic E-state index is 11.6. The van der Waals surface area contributed by atoms with Crippen molar-refractivity contribution in [2.24, 2.45) is 5.92 Å². The highest BCUT2D eigenvalue weighted by Crippen LogP contribution is 2.22. The zero-order chi connectivity index (χ0) is 12.8. The Labute approximate surface area is 111 Å². The van der Waals surface area contributed by atoms with Crippen LogP contribution in [0.25, 0.3) is 0 Å². The fraction of sp³-hybridized carbons (Fsp3) is 0.500. The summed E-state index contributed by atoms with van der Waals surface area (Å²) in [5.41, 5.74) is 1.15. The van der Waals surface area contributed by atoms with E-state index in [-0.39, 0.29) is 11.9 Å². The van der Waals surface area contributed by atoms with E-state index in [9.17, 15) is 4.79 Å². The zero-order valence-corrected chi connectivity index (χ0v) is 12.2. The Balaban J connectivity index is 2.48. The van der Waals surface area contributed by atoms with Crippen molar-refractivity contribution in [3.8, 4) is 0 Å². The smallest absolute Gasteiger partial charge is 0.306 e. The second-order valence-electron chi connectivity index (χ2n) is 4.74. The molecule has 3 heteroatoms. The largest absolute Gasteiger partial charge is 0.465 e. The average molecular weight is 299 g/mol. The van der Waals surface area contributed by atoms with Gasteiger partial charge in [-0.2, -0.15) is 0 Å². The number of benzene rings is 1. The molecule has 2 nitrogen and oxygen atoms in total. The molecule has 0 amide bonds. The van der Waals surface area contributed by atoms with Gasteiger partial charge < -0.3 is 4.74 Å². The van der Waals surface area contributed by atoms with Crippen molar-refractivity contribution < 1.29 is 9.53 Å². The van der Waals surface area contributed by atoms with Gasteiger partial charge >= 0.3 is 5.97 Å². The van der Waals surface area contributed by atoms with Gasteiger partial charge in [0.25, 0.3) is 0 Å². The van der Waals surface area contributed by atoms with Gasteiger partial charge in [0.15, 0.2) is 0 Å². The summed E-state index contributed by atoms with van der Waals surface area (Å²) in [5, 5.41) is 0. The van der Waals surface area contributed by atoms with E-state index < -0.39 is 0 Å². The van der Waals surface area contributed by atoms with E-state index in [1.54, 1.807) is 0 Å². The number of carbonyl (C=O) groups is 1. The van der Waals surface area contributed by atoms with Crippen LogP contribution in [-0.4, -0.2) is 12.6 Å². The molecule has 0 saturated carbocycles. The van der Waals surface area contributed by atoms with E-state index in [1.165, 1.54) is 0 Å². The maximum Gasteiger partial charge on any atom is 0.306 e. The number of ether oxygens (including phenoxy) is 1. The molecule has 0 aliphatic rings. The summed E-state index contributed by atoms with van der Waals surface area (Å²) in [5.74, 6) is 0.457. The molecular formula is C14H19BrO2. The van der Waals surface area contributed by atoms with Crippen LogP contribution < -0.4 is 0 Å². The summed E-state index contributed by atoms with van der Waals surface area (Å²) in [6, 6.07) is 8.04. The van der Waals surface area contributed by atoms with Crippen LogP contribution in [0.1, 0.15) is 38.7 Å². The summed E-state index contributed by atoms with van der Waals surface area (Å²) >= 11 is 3.43. The Kier molecular flexibility index (Phi) is 5.69. The summed E-state index contributed by atoms with van der Waals surface area (Å²) in [7, 11) is 0. The lowest BCUT2D eigenvalue weighted by atomic mass is 9.98. The van der Waals surface area contributed by atoms with Gasteiger partial charge in [-0.1, -0.05) is 48.8 Å². The topological polar surface area (TPSA) is 26.3 Å². The second-order valence-corrected chi connectivity index (χ2v) is 5.65. The van der Waals surface area contributed by atoms with Crippen LogP contribution in [0, 0.1) is 5.92 Å². The van der Waals surface area contributed by atoms with Crippen LogP contribution in [0.5, 0.6) is 0 Å². The first kappa shape index (κ1) is 14.2. The van der Waals surface area contributed by atoms with Gasteiger partial charge in [-0.15, -0.1) is 0 Å². The monoisotopic (exact) mass is 298 g/mol. The summed E-state index contributed by atoms with van der Waals surface area (Å²) < 4.78 is 6.21. The molecule has 0 radical (unpaired) electrons. The molecular weight excluding hydrogens is 280 g/mol. The van der Waals surface area contributed by atoms with E-state index in [4.69, 9.17) is 4.74 Å². The SMILES string of the molecule is CC(C)COC(=O)CC(C)c1cccc(Br)c1. The molecule has 1 aromatic rings. The minimum absolute atomic E-state index is 0.119. The van der Waals surface area contributed by atoms with Crippen LogP contribution >= 0.6 is 15.9 Å². The summed E-state index contributed by atoms with van der Waals surface area (Å²) in [6.45, 7) is 6.61. The molecule has 0 saturated heterocycles. The lowest BCUT2D eigenvalue weighted by Gasteiger charge is -2.12. The van der Waals surface area contributed by atoms with Crippen LogP contribution in [0.3, 0.4) is 0 Å². The molecule has 1 unspecified atom stereocenters. The number of halogens is 1. The maximum absolute atomic E-state index is 11.6. The first-order valence-corrected chi connectivity index (χ1v) is 6.69. The van der Waals surface area contributed by atoms with Crippen molar-refractivity contribution in [1.29, 1.82) is 0 Å². The minimum atomic E-state index is -0.119. The minimum Gasteiger partial charge on any atom is -0.465 e. The van der Waals surface area contributed by atoms with Gasteiger partial charge in [-0.05, 0) is 29.5 Å². The van der Waals surface area contributed by atoms with Crippen LogP contribution in [-0.2, 0) is 9.53 Å². The third-order valence-corrected chi connectivity index (χ3v) is 2.96. The normalized spacial score (nSPS) is 12.5. The van der Waals surface area contributed by atoms with Crippen LogP contribution in [0.15, 0.2) is 28.7 Å². The average Bonchev–Trinajstić information content (AvgIpc) is 2.26. The Morgan fingerprint density at radius 2 is 2.06 bits per heavy atom. The molecule has 0 aliphatic carbocycles.